The lowest BCUT2D eigenvalue weighted by Crippen LogP contribution is -2.17. The molecule has 0 saturated heterocycles. The van der Waals surface area contributed by atoms with Crippen molar-refractivity contribution in [2.24, 2.45) is 5.10 Å². The summed E-state index contributed by atoms with van der Waals surface area (Å²) in [6.45, 7) is 0.224. The number of aromatic nitrogens is 1. The van der Waals surface area contributed by atoms with Gasteiger partial charge in [-0.2, -0.15) is 5.10 Å². The van der Waals surface area contributed by atoms with Crippen LogP contribution in [0.1, 0.15) is 21.5 Å². The molecule has 1 aromatic heterocycles. The minimum absolute atomic E-state index is 0.224. The number of thiazole rings is 1. The van der Waals surface area contributed by atoms with Gasteiger partial charge in [-0.25, -0.2) is 10.4 Å². The number of amides is 1. The average molecular weight is 448 g/mol. The number of ether oxygens (including phenoxy) is 2. The molecular weight excluding hydrogens is 430 g/mol. The van der Waals surface area contributed by atoms with E-state index in [2.05, 4.69) is 21.6 Å². The fraction of sp³-hybridized carbons (Fsp3) is 0.0870. The lowest BCUT2D eigenvalue weighted by atomic mass is 10.1. The maximum Gasteiger partial charge on any atom is 0.271 e. The van der Waals surface area contributed by atoms with E-state index < -0.39 is 0 Å². The fourth-order valence-electron chi connectivity index (χ4n) is 3.03. The minimum Gasteiger partial charge on any atom is -0.454 e. The monoisotopic (exact) mass is 447 g/mol. The van der Waals surface area contributed by atoms with Gasteiger partial charge >= 0.3 is 0 Å². The number of nitrogens with zero attached hydrogens (tertiary/aromatic N) is 2. The smallest absolute Gasteiger partial charge is 0.271 e. The first kappa shape index (κ1) is 19.6. The standard InChI is InChI=1S/C23H17N3O3S2/c27-22(26-24-12-16-7-10-19-20(11-16)29-14-28-19)17-8-5-15(6-9-17)13-30-23-25-18-3-1-2-4-21(18)31-23/h1-12H,13-14H2,(H,26,27)/b24-12-. The summed E-state index contributed by atoms with van der Waals surface area (Å²) >= 11 is 3.39. The van der Waals surface area contributed by atoms with Crippen LogP contribution in [0.3, 0.4) is 0 Å². The van der Waals surface area contributed by atoms with Gasteiger partial charge in [0.1, 0.15) is 0 Å². The van der Waals surface area contributed by atoms with Crippen LogP contribution in [0, 0.1) is 0 Å². The predicted octanol–water partition coefficient (Wildman–Crippen LogP) is 5.08. The van der Waals surface area contributed by atoms with Crippen LogP contribution in [-0.4, -0.2) is 23.9 Å². The van der Waals surface area contributed by atoms with Gasteiger partial charge < -0.3 is 9.47 Å². The van der Waals surface area contributed by atoms with Crippen LogP contribution in [0.4, 0.5) is 0 Å². The second kappa shape index (κ2) is 8.79. The number of para-hydroxylation sites is 1. The van der Waals surface area contributed by atoms with Gasteiger partial charge in [-0.3, -0.25) is 4.79 Å². The lowest BCUT2D eigenvalue weighted by molar-refractivity contribution is 0.0955. The maximum absolute atomic E-state index is 12.3. The number of hydrogen-bond acceptors (Lipinski definition) is 7. The van der Waals surface area contributed by atoms with E-state index in [1.54, 1.807) is 41.4 Å². The molecule has 1 aliphatic heterocycles. The second-order valence-corrected chi connectivity index (χ2v) is 9.00. The Labute approximate surface area is 186 Å². The number of rotatable bonds is 6. The molecule has 0 saturated carbocycles. The molecule has 3 aromatic carbocycles. The van der Waals surface area contributed by atoms with Crippen molar-refractivity contribution in [1.82, 2.24) is 10.4 Å². The first-order chi connectivity index (χ1) is 15.2. The summed E-state index contributed by atoms with van der Waals surface area (Å²) in [6.07, 6.45) is 1.57. The third-order valence-corrected chi connectivity index (χ3v) is 6.88. The molecule has 0 fully saturated rings. The van der Waals surface area contributed by atoms with Crippen LogP contribution >= 0.6 is 23.1 Å². The Morgan fingerprint density at radius 1 is 1.10 bits per heavy atom. The highest BCUT2D eigenvalue weighted by atomic mass is 32.2. The van der Waals surface area contributed by atoms with E-state index in [4.69, 9.17) is 9.47 Å². The van der Waals surface area contributed by atoms with Crippen molar-refractivity contribution in [1.29, 1.82) is 0 Å². The molecule has 1 aliphatic rings. The molecule has 0 spiro atoms. The molecule has 0 atom stereocenters. The third-order valence-electron chi connectivity index (χ3n) is 4.63. The van der Waals surface area contributed by atoms with Crippen molar-refractivity contribution in [2.75, 3.05) is 6.79 Å². The number of fused-ring (bicyclic) bond motifs is 2. The van der Waals surface area contributed by atoms with E-state index in [0.29, 0.717) is 17.1 Å². The summed E-state index contributed by atoms with van der Waals surface area (Å²) in [6, 6.07) is 21.1. The van der Waals surface area contributed by atoms with Crippen molar-refractivity contribution in [3.8, 4) is 11.5 Å². The van der Waals surface area contributed by atoms with E-state index in [0.717, 1.165) is 26.7 Å². The summed E-state index contributed by atoms with van der Waals surface area (Å²) in [5.41, 5.74) is 6.08. The molecule has 0 aliphatic carbocycles. The highest BCUT2D eigenvalue weighted by Gasteiger charge is 2.12. The van der Waals surface area contributed by atoms with Crippen LogP contribution < -0.4 is 14.9 Å². The van der Waals surface area contributed by atoms with Crippen LogP contribution in [0.2, 0.25) is 0 Å². The summed E-state index contributed by atoms with van der Waals surface area (Å²) in [5.74, 6) is 1.92. The number of carbonyl (C=O) groups is 1. The molecule has 4 aromatic rings. The van der Waals surface area contributed by atoms with Crippen LogP contribution in [0.25, 0.3) is 10.2 Å². The number of hydrazone groups is 1. The molecule has 8 heteroatoms. The molecule has 1 N–H and O–H groups in total. The van der Waals surface area contributed by atoms with Gasteiger partial charge in [0.15, 0.2) is 15.8 Å². The largest absolute Gasteiger partial charge is 0.454 e. The Bertz CT molecular complexity index is 1240. The second-order valence-electron chi connectivity index (χ2n) is 6.74. The lowest BCUT2D eigenvalue weighted by Gasteiger charge is -2.03. The molecule has 6 nitrogen and oxygen atoms in total. The molecule has 1 amide bonds. The third kappa shape index (κ3) is 4.55. The molecule has 0 radical (unpaired) electrons. The zero-order chi connectivity index (χ0) is 21.0. The van der Waals surface area contributed by atoms with Gasteiger partial charge in [0.25, 0.3) is 5.91 Å². The number of thioether (sulfide) groups is 1. The molecule has 0 bridgehead atoms. The maximum atomic E-state index is 12.3. The van der Waals surface area contributed by atoms with Crippen LogP contribution in [0.5, 0.6) is 11.5 Å². The minimum atomic E-state index is -0.262. The number of carbonyl (C=O) groups excluding carboxylic acids is 1. The molecule has 2 heterocycles. The van der Waals surface area contributed by atoms with E-state index in [9.17, 15) is 4.79 Å². The molecule has 154 valence electrons. The van der Waals surface area contributed by atoms with E-state index >= 15 is 0 Å². The average Bonchev–Trinajstić information content (AvgIpc) is 3.44. The topological polar surface area (TPSA) is 72.8 Å². The first-order valence-electron chi connectivity index (χ1n) is 9.55. The Balaban J connectivity index is 1.16. The molecule has 31 heavy (non-hydrogen) atoms. The van der Waals surface area contributed by atoms with Crippen molar-refractivity contribution >= 4 is 45.4 Å². The molecule has 0 unspecified atom stereocenters. The normalized spacial score (nSPS) is 12.5. The highest BCUT2D eigenvalue weighted by Crippen LogP contribution is 2.32. The fourth-order valence-corrected chi connectivity index (χ4v) is 5.06. The van der Waals surface area contributed by atoms with Crippen molar-refractivity contribution in [3.05, 3.63) is 83.4 Å². The van der Waals surface area contributed by atoms with Gasteiger partial charge in [-0.15, -0.1) is 11.3 Å². The summed E-state index contributed by atoms with van der Waals surface area (Å²) in [7, 11) is 0. The number of benzene rings is 3. The Hall–Kier alpha value is -3.36. The highest BCUT2D eigenvalue weighted by molar-refractivity contribution is 8.00. The van der Waals surface area contributed by atoms with E-state index in [1.807, 2.05) is 48.5 Å². The quantitative estimate of drug-likeness (QED) is 0.253. The van der Waals surface area contributed by atoms with Gasteiger partial charge in [-0.1, -0.05) is 36.0 Å². The van der Waals surface area contributed by atoms with Gasteiger partial charge in [0.2, 0.25) is 6.79 Å². The van der Waals surface area contributed by atoms with Crippen molar-refractivity contribution in [3.63, 3.8) is 0 Å². The summed E-state index contributed by atoms with van der Waals surface area (Å²) < 4.78 is 12.8. The van der Waals surface area contributed by atoms with E-state index in [-0.39, 0.29) is 12.7 Å². The number of hydrogen-bond donors (Lipinski definition) is 1. The van der Waals surface area contributed by atoms with Gasteiger partial charge in [0.05, 0.1) is 16.4 Å². The predicted molar refractivity (Wildman–Crippen MR) is 123 cm³/mol. The zero-order valence-corrected chi connectivity index (χ0v) is 17.9. The first-order valence-corrected chi connectivity index (χ1v) is 11.4. The van der Waals surface area contributed by atoms with Crippen molar-refractivity contribution in [2.45, 2.75) is 10.1 Å². The Morgan fingerprint density at radius 2 is 1.94 bits per heavy atom. The molecule has 5 rings (SSSR count). The SMILES string of the molecule is O=C(N/N=C\c1ccc2c(c1)OCO2)c1ccc(CSc2nc3ccccc3s2)cc1. The van der Waals surface area contributed by atoms with Gasteiger partial charge in [-0.05, 0) is 53.6 Å². The Kier molecular flexibility index (Phi) is 5.56. The summed E-state index contributed by atoms with van der Waals surface area (Å²) in [5, 5.41) is 4.03. The zero-order valence-electron chi connectivity index (χ0n) is 16.3. The number of nitrogens with one attached hydrogen (secondary N) is 1. The van der Waals surface area contributed by atoms with Gasteiger partial charge in [0, 0.05) is 11.3 Å². The summed E-state index contributed by atoms with van der Waals surface area (Å²) in [4.78, 5) is 17.0. The van der Waals surface area contributed by atoms with E-state index in [1.165, 1.54) is 4.70 Å². The van der Waals surface area contributed by atoms with Crippen LogP contribution in [-0.2, 0) is 5.75 Å². The van der Waals surface area contributed by atoms with Crippen LogP contribution in [0.15, 0.2) is 76.2 Å². The Morgan fingerprint density at radius 3 is 2.81 bits per heavy atom. The molecular formula is C23H17N3O3S2. The van der Waals surface area contributed by atoms with Crippen molar-refractivity contribution < 1.29 is 14.3 Å².